The molecule has 0 atom stereocenters. The zero-order valence-electron chi connectivity index (χ0n) is 6.92. The van der Waals surface area contributed by atoms with Gasteiger partial charge in [0, 0.05) is 6.54 Å². The van der Waals surface area contributed by atoms with Crippen molar-refractivity contribution in [3.8, 4) is 0 Å². The van der Waals surface area contributed by atoms with Crippen LogP contribution in [0.1, 0.15) is 12.8 Å². The molecule has 0 radical (unpaired) electrons. The van der Waals surface area contributed by atoms with Gasteiger partial charge in [0.05, 0.1) is 11.6 Å². The molecule has 0 bridgehead atoms. The molecule has 3 N–H and O–H groups in total. The third-order valence-corrected chi connectivity index (χ3v) is 1.65. The highest BCUT2D eigenvalue weighted by Gasteiger charge is 1.96. The predicted octanol–water partition coefficient (Wildman–Crippen LogP) is -0.0232. The molecule has 0 saturated carbocycles. The predicted molar refractivity (Wildman–Crippen MR) is 50.6 cm³/mol. The Kier molecular flexibility index (Phi) is 6.40. The van der Waals surface area contributed by atoms with Gasteiger partial charge in [-0.15, -0.1) is 0 Å². The van der Waals surface area contributed by atoms with Crippen molar-refractivity contribution in [1.82, 2.24) is 4.90 Å². The van der Waals surface area contributed by atoms with E-state index in [4.69, 9.17) is 23.1 Å². The lowest BCUT2D eigenvalue weighted by Crippen LogP contribution is -2.24. The average molecular weight is 176 g/mol. The minimum atomic E-state index is 0.212. The van der Waals surface area contributed by atoms with E-state index in [0.717, 1.165) is 25.9 Å². The Morgan fingerprint density at radius 3 is 2.64 bits per heavy atom. The lowest BCUT2D eigenvalue weighted by molar-refractivity contribution is 0.221. The Bertz CT molecular complexity index is 119. The van der Waals surface area contributed by atoms with Gasteiger partial charge in [-0.05, 0) is 26.4 Å². The highest BCUT2D eigenvalue weighted by molar-refractivity contribution is 7.80. The topological polar surface area (TPSA) is 49.5 Å². The average Bonchev–Trinajstić information content (AvgIpc) is 1.87. The summed E-state index contributed by atoms with van der Waals surface area (Å²) in [7, 11) is 1.97. The number of hydrogen-bond acceptors (Lipinski definition) is 3. The SMILES string of the molecule is CN(CCO)CCCC(N)=S. The van der Waals surface area contributed by atoms with Crippen molar-refractivity contribution in [3.63, 3.8) is 0 Å². The first-order valence-corrected chi connectivity index (χ1v) is 4.15. The van der Waals surface area contributed by atoms with Crippen LogP contribution in [0.4, 0.5) is 0 Å². The van der Waals surface area contributed by atoms with E-state index in [-0.39, 0.29) is 6.61 Å². The normalized spacial score (nSPS) is 10.5. The quantitative estimate of drug-likeness (QED) is 0.558. The molecular weight excluding hydrogens is 160 g/mol. The van der Waals surface area contributed by atoms with Crippen LogP contribution in [0.3, 0.4) is 0 Å². The van der Waals surface area contributed by atoms with Crippen molar-refractivity contribution in [2.24, 2.45) is 5.73 Å². The van der Waals surface area contributed by atoms with Gasteiger partial charge in [0.2, 0.25) is 0 Å². The summed E-state index contributed by atoms with van der Waals surface area (Å²) in [5, 5.41) is 8.55. The minimum Gasteiger partial charge on any atom is -0.395 e. The van der Waals surface area contributed by atoms with Crippen LogP contribution >= 0.6 is 12.2 Å². The molecule has 0 fully saturated rings. The van der Waals surface area contributed by atoms with Gasteiger partial charge in [0.1, 0.15) is 0 Å². The van der Waals surface area contributed by atoms with Gasteiger partial charge in [-0.25, -0.2) is 0 Å². The number of nitrogens with zero attached hydrogens (tertiary/aromatic N) is 1. The standard InChI is InChI=1S/C7H16N2OS/c1-9(5-6-10)4-2-3-7(8)11/h10H,2-6H2,1H3,(H2,8,11). The van der Waals surface area contributed by atoms with E-state index in [9.17, 15) is 0 Å². The van der Waals surface area contributed by atoms with E-state index in [1.165, 1.54) is 0 Å². The molecule has 0 aliphatic carbocycles. The van der Waals surface area contributed by atoms with E-state index < -0.39 is 0 Å². The number of thiocarbonyl (C=S) groups is 1. The summed E-state index contributed by atoms with van der Waals surface area (Å²) in [4.78, 5) is 2.63. The number of aliphatic hydroxyl groups excluding tert-OH is 1. The second-order valence-corrected chi connectivity index (χ2v) is 3.12. The summed E-state index contributed by atoms with van der Waals surface area (Å²) >= 11 is 4.72. The number of rotatable bonds is 6. The van der Waals surface area contributed by atoms with E-state index in [1.807, 2.05) is 7.05 Å². The summed E-state index contributed by atoms with van der Waals surface area (Å²) in [6.07, 6.45) is 1.77. The first-order valence-electron chi connectivity index (χ1n) is 3.74. The third kappa shape index (κ3) is 7.71. The molecule has 0 unspecified atom stereocenters. The van der Waals surface area contributed by atoms with Crippen molar-refractivity contribution in [1.29, 1.82) is 0 Å². The number of likely N-dealkylation sites (N-methyl/N-ethyl adjacent to an activating group) is 1. The second-order valence-electron chi connectivity index (χ2n) is 2.60. The molecule has 0 amide bonds. The van der Waals surface area contributed by atoms with E-state index >= 15 is 0 Å². The largest absolute Gasteiger partial charge is 0.395 e. The van der Waals surface area contributed by atoms with Crippen LogP contribution in [0.5, 0.6) is 0 Å². The zero-order chi connectivity index (χ0) is 8.69. The summed E-state index contributed by atoms with van der Waals surface area (Å²) in [6.45, 7) is 1.87. The molecule has 3 nitrogen and oxygen atoms in total. The first-order chi connectivity index (χ1) is 5.16. The van der Waals surface area contributed by atoms with Crippen LogP contribution < -0.4 is 5.73 Å². The Hall–Kier alpha value is -0.190. The smallest absolute Gasteiger partial charge is 0.0727 e. The fourth-order valence-corrected chi connectivity index (χ4v) is 0.950. The van der Waals surface area contributed by atoms with Crippen molar-refractivity contribution in [2.45, 2.75) is 12.8 Å². The molecule has 0 heterocycles. The number of aliphatic hydroxyl groups is 1. The maximum atomic E-state index is 8.55. The van der Waals surface area contributed by atoms with Crippen LogP contribution in [-0.2, 0) is 0 Å². The van der Waals surface area contributed by atoms with Gasteiger partial charge in [0.25, 0.3) is 0 Å². The fraction of sp³-hybridized carbons (Fsp3) is 0.857. The Labute approximate surface area is 73.2 Å². The summed E-state index contributed by atoms with van der Waals surface area (Å²) in [5.74, 6) is 0. The molecule has 0 aliphatic heterocycles. The van der Waals surface area contributed by atoms with Crippen molar-refractivity contribution >= 4 is 17.2 Å². The van der Waals surface area contributed by atoms with Crippen LogP contribution in [0, 0.1) is 0 Å². The van der Waals surface area contributed by atoms with Crippen molar-refractivity contribution < 1.29 is 5.11 Å². The summed E-state index contributed by atoms with van der Waals surface area (Å²) in [6, 6.07) is 0. The highest BCUT2D eigenvalue weighted by atomic mass is 32.1. The second kappa shape index (κ2) is 6.52. The Morgan fingerprint density at radius 1 is 1.55 bits per heavy atom. The van der Waals surface area contributed by atoms with E-state index in [0.29, 0.717) is 4.99 Å². The fourth-order valence-electron chi connectivity index (χ4n) is 0.806. The van der Waals surface area contributed by atoms with Crippen LogP contribution in [0.25, 0.3) is 0 Å². The van der Waals surface area contributed by atoms with E-state index in [2.05, 4.69) is 4.90 Å². The minimum absolute atomic E-state index is 0.212. The third-order valence-electron chi connectivity index (χ3n) is 1.44. The molecular formula is C7H16N2OS. The molecule has 0 saturated heterocycles. The summed E-state index contributed by atoms with van der Waals surface area (Å²) in [5.41, 5.74) is 5.32. The van der Waals surface area contributed by atoms with Crippen LogP contribution in [0.2, 0.25) is 0 Å². The van der Waals surface area contributed by atoms with Gasteiger partial charge < -0.3 is 15.7 Å². The molecule has 0 spiro atoms. The monoisotopic (exact) mass is 176 g/mol. The first kappa shape index (κ1) is 10.8. The molecule has 0 aromatic rings. The Balaban J connectivity index is 3.16. The molecule has 66 valence electrons. The van der Waals surface area contributed by atoms with E-state index in [1.54, 1.807) is 0 Å². The number of hydrogen-bond donors (Lipinski definition) is 2. The van der Waals surface area contributed by atoms with Crippen LogP contribution in [-0.4, -0.2) is 41.7 Å². The van der Waals surface area contributed by atoms with Gasteiger partial charge >= 0.3 is 0 Å². The lowest BCUT2D eigenvalue weighted by Gasteiger charge is -2.13. The van der Waals surface area contributed by atoms with Crippen LogP contribution in [0.15, 0.2) is 0 Å². The van der Waals surface area contributed by atoms with Gasteiger partial charge in [-0.2, -0.15) is 0 Å². The molecule has 0 aromatic heterocycles. The molecule has 11 heavy (non-hydrogen) atoms. The van der Waals surface area contributed by atoms with Crippen molar-refractivity contribution in [3.05, 3.63) is 0 Å². The van der Waals surface area contributed by atoms with Gasteiger partial charge in [0.15, 0.2) is 0 Å². The Morgan fingerprint density at radius 2 is 2.18 bits per heavy atom. The molecule has 0 aliphatic rings. The van der Waals surface area contributed by atoms with Crippen molar-refractivity contribution in [2.75, 3.05) is 26.7 Å². The highest BCUT2D eigenvalue weighted by Crippen LogP contribution is 1.91. The zero-order valence-corrected chi connectivity index (χ0v) is 7.73. The molecule has 0 aromatic carbocycles. The molecule has 4 heteroatoms. The van der Waals surface area contributed by atoms with Gasteiger partial charge in [-0.3, -0.25) is 0 Å². The lowest BCUT2D eigenvalue weighted by atomic mass is 10.3. The maximum Gasteiger partial charge on any atom is 0.0727 e. The van der Waals surface area contributed by atoms with Gasteiger partial charge in [-0.1, -0.05) is 12.2 Å². The number of nitrogens with two attached hydrogens (primary N) is 1. The summed E-state index contributed by atoms with van der Waals surface area (Å²) < 4.78 is 0. The maximum absolute atomic E-state index is 8.55. The molecule has 0 rings (SSSR count).